The van der Waals surface area contributed by atoms with Crippen molar-refractivity contribution in [3.63, 3.8) is 0 Å². The normalized spacial score (nSPS) is 12.4. The molecule has 2 rings (SSSR count). The van der Waals surface area contributed by atoms with Gasteiger partial charge in [0.1, 0.15) is 11.7 Å². The molecule has 1 aromatic carbocycles. The molecule has 0 atom stereocenters. The van der Waals surface area contributed by atoms with Crippen LogP contribution in [-0.4, -0.2) is 16.1 Å². The fourth-order valence-corrected chi connectivity index (χ4v) is 3.19. The van der Waals surface area contributed by atoms with E-state index in [1.54, 1.807) is 11.8 Å². The highest BCUT2D eigenvalue weighted by molar-refractivity contribution is 7.98. The third-order valence-electron chi connectivity index (χ3n) is 3.62. The lowest BCUT2D eigenvalue weighted by molar-refractivity contribution is 0.389. The molecule has 0 fully saturated rings. The number of nitrogens with one attached hydrogen (secondary N) is 1. The van der Waals surface area contributed by atoms with E-state index in [4.69, 9.17) is 21.4 Å². The van der Waals surface area contributed by atoms with Gasteiger partial charge in [-0.05, 0) is 46.3 Å². The first-order valence-electron chi connectivity index (χ1n) is 7.97. The van der Waals surface area contributed by atoms with Crippen LogP contribution in [0.15, 0.2) is 22.6 Å². The molecule has 24 heavy (non-hydrogen) atoms. The summed E-state index contributed by atoms with van der Waals surface area (Å²) in [5, 5.41) is 6.59. The van der Waals surface area contributed by atoms with Gasteiger partial charge in [0.05, 0.1) is 5.75 Å². The molecule has 0 saturated heterocycles. The number of aromatic nitrogens is 2. The molecular weight excluding hydrogens is 340 g/mol. The fraction of sp³-hybridized carbons (Fsp3) is 0.556. The number of rotatable bonds is 5. The standard InChI is InChI=1S/C18H26N2O2S2/c1-17(2,3)13-8-7-12(9-14(13)18(4,5)6)21-11-24-10-15-19-20-16(23)22-15/h7-9H,10-11H2,1-6H3,(H,20,23). The van der Waals surface area contributed by atoms with E-state index in [-0.39, 0.29) is 10.8 Å². The molecular formula is C18H26N2O2S2. The zero-order valence-corrected chi connectivity index (χ0v) is 16.9. The van der Waals surface area contributed by atoms with Crippen molar-refractivity contribution in [1.82, 2.24) is 10.2 Å². The van der Waals surface area contributed by atoms with Crippen LogP contribution in [0.5, 0.6) is 5.75 Å². The largest absolute Gasteiger partial charge is 0.483 e. The van der Waals surface area contributed by atoms with Crippen LogP contribution >= 0.6 is 24.0 Å². The van der Waals surface area contributed by atoms with Gasteiger partial charge in [0.15, 0.2) is 0 Å². The van der Waals surface area contributed by atoms with E-state index in [0.717, 1.165) is 5.75 Å². The lowest BCUT2D eigenvalue weighted by Gasteiger charge is -2.30. The second-order valence-corrected chi connectivity index (χ2v) is 9.13. The average Bonchev–Trinajstić information content (AvgIpc) is 2.87. The van der Waals surface area contributed by atoms with Crippen molar-refractivity contribution < 1.29 is 9.15 Å². The lowest BCUT2D eigenvalue weighted by atomic mass is 9.75. The molecule has 0 saturated carbocycles. The van der Waals surface area contributed by atoms with E-state index in [2.05, 4.69) is 69.9 Å². The minimum atomic E-state index is 0.0723. The summed E-state index contributed by atoms with van der Waals surface area (Å²) in [6, 6.07) is 6.41. The van der Waals surface area contributed by atoms with Gasteiger partial charge in [-0.15, -0.1) is 16.9 Å². The van der Waals surface area contributed by atoms with Gasteiger partial charge in [-0.3, -0.25) is 0 Å². The van der Waals surface area contributed by atoms with Gasteiger partial charge in [0.2, 0.25) is 5.89 Å². The molecule has 0 amide bonds. The Bertz CT molecular complexity index is 736. The third kappa shape index (κ3) is 5.11. The molecule has 0 aliphatic carbocycles. The summed E-state index contributed by atoms with van der Waals surface area (Å²) < 4.78 is 11.1. The summed E-state index contributed by atoms with van der Waals surface area (Å²) in [4.78, 5) is 0.305. The summed E-state index contributed by atoms with van der Waals surface area (Å²) >= 11 is 6.45. The van der Waals surface area contributed by atoms with Gasteiger partial charge in [0, 0.05) is 0 Å². The van der Waals surface area contributed by atoms with E-state index in [9.17, 15) is 0 Å². The third-order valence-corrected chi connectivity index (χ3v) is 4.53. The summed E-state index contributed by atoms with van der Waals surface area (Å²) in [5.74, 6) is 2.64. The SMILES string of the molecule is CC(C)(C)c1ccc(OCSCc2n[nH]c(=S)o2)cc1C(C)(C)C. The van der Waals surface area contributed by atoms with Gasteiger partial charge >= 0.3 is 0 Å². The van der Waals surface area contributed by atoms with Gasteiger partial charge in [-0.2, -0.15) is 0 Å². The van der Waals surface area contributed by atoms with Crippen molar-refractivity contribution in [3.8, 4) is 5.75 Å². The van der Waals surface area contributed by atoms with Crippen LogP contribution in [0, 0.1) is 4.84 Å². The van der Waals surface area contributed by atoms with Crippen LogP contribution in [0.25, 0.3) is 0 Å². The minimum Gasteiger partial charge on any atom is -0.483 e. The Morgan fingerprint density at radius 2 is 1.79 bits per heavy atom. The molecule has 0 radical (unpaired) electrons. The van der Waals surface area contributed by atoms with E-state index in [1.165, 1.54) is 11.1 Å². The number of H-pyrrole nitrogens is 1. The van der Waals surface area contributed by atoms with E-state index >= 15 is 0 Å². The molecule has 1 aromatic heterocycles. The maximum absolute atomic E-state index is 5.90. The highest BCUT2D eigenvalue weighted by Gasteiger charge is 2.25. The quantitative estimate of drug-likeness (QED) is 0.424. The molecule has 0 spiro atoms. The summed E-state index contributed by atoms with van der Waals surface area (Å²) in [7, 11) is 0. The summed E-state index contributed by atoms with van der Waals surface area (Å²) in [6.45, 7) is 13.4. The molecule has 0 unspecified atom stereocenters. The zero-order valence-electron chi connectivity index (χ0n) is 15.2. The predicted octanol–water partition coefficient (Wildman–Crippen LogP) is 5.60. The maximum atomic E-state index is 5.90. The van der Waals surface area contributed by atoms with Crippen LogP contribution in [0.4, 0.5) is 0 Å². The molecule has 2 aromatic rings. The molecule has 0 aliphatic heterocycles. The van der Waals surface area contributed by atoms with Gasteiger partial charge < -0.3 is 9.15 Å². The van der Waals surface area contributed by atoms with E-state index < -0.39 is 0 Å². The van der Waals surface area contributed by atoms with Crippen LogP contribution in [-0.2, 0) is 16.6 Å². The van der Waals surface area contributed by atoms with Crippen LogP contribution in [0.2, 0.25) is 0 Å². The first-order chi connectivity index (χ1) is 11.1. The second-order valence-electron chi connectivity index (χ2n) is 7.82. The number of ether oxygens (including phenoxy) is 1. The number of nitrogens with zero attached hydrogens (tertiary/aromatic N) is 1. The summed E-state index contributed by atoms with van der Waals surface area (Å²) in [6.07, 6.45) is 0. The zero-order chi connectivity index (χ0) is 18.0. The Kier molecular flexibility index (Phi) is 5.81. The minimum absolute atomic E-state index is 0.0723. The lowest BCUT2D eigenvalue weighted by Crippen LogP contribution is -2.22. The fourth-order valence-electron chi connectivity index (χ4n) is 2.45. The highest BCUT2D eigenvalue weighted by Crippen LogP contribution is 2.36. The Hall–Kier alpha value is -1.27. The first kappa shape index (κ1) is 19.1. The number of aromatic amines is 1. The van der Waals surface area contributed by atoms with Crippen molar-refractivity contribution in [2.24, 2.45) is 0 Å². The van der Waals surface area contributed by atoms with Crippen molar-refractivity contribution in [2.75, 3.05) is 5.94 Å². The molecule has 132 valence electrons. The van der Waals surface area contributed by atoms with Crippen LogP contribution < -0.4 is 4.74 Å². The molecule has 0 bridgehead atoms. The summed E-state index contributed by atoms with van der Waals surface area (Å²) in [5.41, 5.74) is 2.88. The van der Waals surface area contributed by atoms with E-state index in [0.29, 0.717) is 22.4 Å². The van der Waals surface area contributed by atoms with Crippen molar-refractivity contribution >= 4 is 24.0 Å². The number of hydrogen-bond acceptors (Lipinski definition) is 5. The Labute approximate surface area is 153 Å². The molecule has 6 heteroatoms. The monoisotopic (exact) mass is 366 g/mol. The molecule has 1 N–H and O–H groups in total. The van der Waals surface area contributed by atoms with Gasteiger partial charge in [0.25, 0.3) is 4.84 Å². The number of benzene rings is 1. The topological polar surface area (TPSA) is 51.0 Å². The van der Waals surface area contributed by atoms with Crippen LogP contribution in [0.3, 0.4) is 0 Å². The predicted molar refractivity (Wildman–Crippen MR) is 102 cm³/mol. The molecule has 1 heterocycles. The second kappa shape index (κ2) is 7.31. The van der Waals surface area contributed by atoms with E-state index in [1.807, 2.05) is 0 Å². The Balaban J connectivity index is 2.04. The van der Waals surface area contributed by atoms with Crippen molar-refractivity contribution in [2.45, 2.75) is 58.1 Å². The first-order valence-corrected chi connectivity index (χ1v) is 9.53. The van der Waals surface area contributed by atoms with Gasteiger partial charge in [-0.1, -0.05) is 47.6 Å². The van der Waals surface area contributed by atoms with Crippen molar-refractivity contribution in [3.05, 3.63) is 40.1 Å². The van der Waals surface area contributed by atoms with Crippen LogP contribution in [0.1, 0.15) is 58.6 Å². The Morgan fingerprint density at radius 1 is 1.12 bits per heavy atom. The number of hydrogen-bond donors (Lipinski definition) is 1. The molecule has 4 nitrogen and oxygen atoms in total. The van der Waals surface area contributed by atoms with Crippen molar-refractivity contribution in [1.29, 1.82) is 0 Å². The average molecular weight is 367 g/mol. The maximum Gasteiger partial charge on any atom is 0.284 e. The van der Waals surface area contributed by atoms with Gasteiger partial charge in [-0.25, -0.2) is 5.10 Å². The molecule has 0 aliphatic rings. The number of thioether (sulfide) groups is 1. The smallest absolute Gasteiger partial charge is 0.284 e. The Morgan fingerprint density at radius 3 is 2.33 bits per heavy atom. The highest BCUT2D eigenvalue weighted by atomic mass is 32.2.